The number of benzene rings is 1. The van der Waals surface area contributed by atoms with Gasteiger partial charge in [0.25, 0.3) is 0 Å². The van der Waals surface area contributed by atoms with Gasteiger partial charge < -0.3 is 5.32 Å². The second-order valence-corrected chi connectivity index (χ2v) is 7.09. The molecule has 2 aromatic rings. The predicted molar refractivity (Wildman–Crippen MR) is 92.8 cm³/mol. The maximum absolute atomic E-state index is 13.2. The molecule has 0 fully saturated rings. The topological polar surface area (TPSA) is 32.3 Å². The van der Waals surface area contributed by atoms with E-state index < -0.39 is 0 Å². The van der Waals surface area contributed by atoms with Gasteiger partial charge in [-0.3, -0.25) is 9.69 Å². The molecule has 1 amide bonds. The van der Waals surface area contributed by atoms with E-state index in [0.717, 1.165) is 5.56 Å². The average molecular weight is 334 g/mol. The number of likely N-dealkylation sites (N-methyl/N-ethyl adjacent to an activating group) is 1. The predicted octanol–water partition coefficient (Wildman–Crippen LogP) is 3.83. The molecule has 3 nitrogen and oxygen atoms in total. The summed E-state index contributed by atoms with van der Waals surface area (Å²) in [6, 6.07) is 10.5. The van der Waals surface area contributed by atoms with Gasteiger partial charge >= 0.3 is 0 Å². The zero-order valence-corrected chi connectivity index (χ0v) is 14.6. The number of amides is 1. The number of hydrogen-bond donors (Lipinski definition) is 1. The number of carbonyl (C=O) groups is 1. The number of thiophene rings is 1. The third kappa shape index (κ3) is 5.44. The monoisotopic (exact) mass is 334 g/mol. The van der Waals surface area contributed by atoms with Gasteiger partial charge in [0, 0.05) is 11.4 Å². The third-order valence-corrected chi connectivity index (χ3v) is 4.54. The number of rotatable bonds is 7. The van der Waals surface area contributed by atoms with Crippen molar-refractivity contribution in [3.63, 3.8) is 0 Å². The maximum atomic E-state index is 13.2. The van der Waals surface area contributed by atoms with Gasteiger partial charge in [0.15, 0.2) is 0 Å². The van der Waals surface area contributed by atoms with Crippen LogP contribution in [-0.2, 0) is 11.3 Å². The molecule has 1 heterocycles. The van der Waals surface area contributed by atoms with Gasteiger partial charge in [0.05, 0.1) is 12.6 Å². The molecule has 1 aromatic carbocycles. The first-order valence-corrected chi connectivity index (χ1v) is 8.59. The van der Waals surface area contributed by atoms with E-state index in [9.17, 15) is 9.18 Å². The quantitative estimate of drug-likeness (QED) is 0.834. The van der Waals surface area contributed by atoms with Crippen LogP contribution in [0.4, 0.5) is 4.39 Å². The molecule has 0 aliphatic rings. The summed E-state index contributed by atoms with van der Waals surface area (Å²) < 4.78 is 13.2. The van der Waals surface area contributed by atoms with Crippen LogP contribution in [0.2, 0.25) is 0 Å². The number of hydrogen-bond acceptors (Lipinski definition) is 3. The molecule has 0 radical (unpaired) electrons. The SMILES string of the molecule is CC(C)[C@@H](NC(=O)CN(C)Cc1cccc(F)c1)c1cccs1. The largest absolute Gasteiger partial charge is 0.347 e. The Bertz CT molecular complexity index is 628. The first-order chi connectivity index (χ1) is 11.0. The van der Waals surface area contributed by atoms with Crippen molar-refractivity contribution in [1.82, 2.24) is 10.2 Å². The van der Waals surface area contributed by atoms with E-state index in [1.165, 1.54) is 17.0 Å². The lowest BCUT2D eigenvalue weighted by molar-refractivity contribution is -0.123. The summed E-state index contributed by atoms with van der Waals surface area (Å²) in [5.74, 6) is 0.0556. The molecule has 0 saturated carbocycles. The maximum Gasteiger partial charge on any atom is 0.234 e. The molecule has 0 unspecified atom stereocenters. The van der Waals surface area contributed by atoms with Gasteiger partial charge in [-0.05, 0) is 42.1 Å². The zero-order chi connectivity index (χ0) is 16.8. The van der Waals surface area contributed by atoms with Crippen molar-refractivity contribution in [2.45, 2.75) is 26.4 Å². The fourth-order valence-electron chi connectivity index (χ4n) is 2.50. The zero-order valence-electron chi connectivity index (χ0n) is 13.8. The van der Waals surface area contributed by atoms with Gasteiger partial charge in [-0.1, -0.05) is 32.0 Å². The number of nitrogens with zero attached hydrogens (tertiary/aromatic N) is 1. The van der Waals surface area contributed by atoms with Crippen molar-refractivity contribution < 1.29 is 9.18 Å². The highest BCUT2D eigenvalue weighted by atomic mass is 32.1. The number of carbonyl (C=O) groups excluding carboxylic acids is 1. The summed E-state index contributed by atoms with van der Waals surface area (Å²) in [6.07, 6.45) is 0. The molecule has 0 aliphatic carbocycles. The fraction of sp³-hybridized carbons (Fsp3) is 0.389. The lowest BCUT2D eigenvalue weighted by Gasteiger charge is -2.23. The molecule has 1 aromatic heterocycles. The second kappa shape index (κ2) is 8.22. The molecule has 23 heavy (non-hydrogen) atoms. The van der Waals surface area contributed by atoms with Gasteiger partial charge in [0.2, 0.25) is 5.91 Å². The van der Waals surface area contributed by atoms with Crippen LogP contribution in [0.1, 0.15) is 30.3 Å². The van der Waals surface area contributed by atoms with Crippen LogP contribution >= 0.6 is 11.3 Å². The van der Waals surface area contributed by atoms with Gasteiger partial charge in [0.1, 0.15) is 5.82 Å². The van der Waals surface area contributed by atoms with Crippen molar-refractivity contribution in [1.29, 1.82) is 0 Å². The van der Waals surface area contributed by atoms with Crippen LogP contribution < -0.4 is 5.32 Å². The Hall–Kier alpha value is -1.72. The molecule has 0 bridgehead atoms. The minimum Gasteiger partial charge on any atom is -0.347 e. The van der Waals surface area contributed by atoms with Crippen molar-refractivity contribution >= 4 is 17.2 Å². The van der Waals surface area contributed by atoms with Crippen molar-refractivity contribution in [2.24, 2.45) is 5.92 Å². The fourth-order valence-corrected chi connectivity index (χ4v) is 3.45. The summed E-state index contributed by atoms with van der Waals surface area (Å²) in [6.45, 7) is 5.02. The van der Waals surface area contributed by atoms with E-state index in [1.54, 1.807) is 17.4 Å². The standard InChI is InChI=1S/C18H23FN2OS/c1-13(2)18(16-8-5-9-23-16)20-17(22)12-21(3)11-14-6-4-7-15(19)10-14/h4-10,13,18H,11-12H2,1-3H3,(H,20,22)/t18-/m1/s1. The van der Waals surface area contributed by atoms with E-state index in [-0.39, 0.29) is 24.3 Å². The molecule has 5 heteroatoms. The second-order valence-electron chi connectivity index (χ2n) is 6.11. The molecule has 0 saturated heterocycles. The first kappa shape index (κ1) is 17.6. The van der Waals surface area contributed by atoms with E-state index in [1.807, 2.05) is 35.5 Å². The molecule has 0 aliphatic heterocycles. The van der Waals surface area contributed by atoms with Gasteiger partial charge in [-0.25, -0.2) is 4.39 Å². The van der Waals surface area contributed by atoms with Gasteiger partial charge in [-0.2, -0.15) is 0 Å². The van der Waals surface area contributed by atoms with E-state index in [4.69, 9.17) is 0 Å². The summed E-state index contributed by atoms with van der Waals surface area (Å²) in [5.41, 5.74) is 0.860. The Balaban J connectivity index is 1.90. The Morgan fingerprint density at radius 2 is 2.09 bits per heavy atom. The average Bonchev–Trinajstić information content (AvgIpc) is 2.98. The smallest absolute Gasteiger partial charge is 0.234 e. The molecule has 1 atom stereocenters. The minimum atomic E-state index is -0.252. The van der Waals surface area contributed by atoms with E-state index in [2.05, 4.69) is 19.2 Å². The third-order valence-electron chi connectivity index (χ3n) is 3.59. The molecule has 1 N–H and O–H groups in total. The van der Waals surface area contributed by atoms with E-state index in [0.29, 0.717) is 12.5 Å². The van der Waals surface area contributed by atoms with Crippen LogP contribution in [0, 0.1) is 11.7 Å². The molecular formula is C18H23FN2OS. The summed E-state index contributed by atoms with van der Waals surface area (Å²) >= 11 is 1.65. The molecular weight excluding hydrogens is 311 g/mol. The Morgan fingerprint density at radius 3 is 2.70 bits per heavy atom. The van der Waals surface area contributed by atoms with Crippen LogP contribution in [0.25, 0.3) is 0 Å². The van der Waals surface area contributed by atoms with Crippen LogP contribution in [0.3, 0.4) is 0 Å². The lowest BCUT2D eigenvalue weighted by atomic mass is 10.0. The molecule has 0 spiro atoms. The normalized spacial score (nSPS) is 12.6. The van der Waals surface area contributed by atoms with Crippen LogP contribution in [0.5, 0.6) is 0 Å². The Kier molecular flexibility index (Phi) is 6.30. The van der Waals surface area contributed by atoms with Crippen molar-refractivity contribution in [3.05, 3.63) is 58.0 Å². The highest BCUT2D eigenvalue weighted by Crippen LogP contribution is 2.25. The molecule has 2 rings (SSSR count). The highest BCUT2D eigenvalue weighted by Gasteiger charge is 2.19. The lowest BCUT2D eigenvalue weighted by Crippen LogP contribution is -2.38. The minimum absolute atomic E-state index is 0.0176. The molecule has 124 valence electrons. The summed E-state index contributed by atoms with van der Waals surface area (Å²) in [4.78, 5) is 15.4. The number of nitrogens with one attached hydrogen (secondary N) is 1. The highest BCUT2D eigenvalue weighted by molar-refractivity contribution is 7.10. The Morgan fingerprint density at radius 1 is 1.30 bits per heavy atom. The Labute approximate surface area is 141 Å². The van der Waals surface area contributed by atoms with E-state index >= 15 is 0 Å². The summed E-state index contributed by atoms with van der Waals surface area (Å²) in [5, 5.41) is 5.12. The van der Waals surface area contributed by atoms with Crippen molar-refractivity contribution in [2.75, 3.05) is 13.6 Å². The van der Waals surface area contributed by atoms with Crippen molar-refractivity contribution in [3.8, 4) is 0 Å². The summed E-state index contributed by atoms with van der Waals surface area (Å²) in [7, 11) is 1.86. The van der Waals surface area contributed by atoms with Crippen LogP contribution in [0.15, 0.2) is 41.8 Å². The first-order valence-electron chi connectivity index (χ1n) is 7.71. The van der Waals surface area contributed by atoms with Gasteiger partial charge in [-0.15, -0.1) is 11.3 Å². The van der Waals surface area contributed by atoms with Crippen LogP contribution in [-0.4, -0.2) is 24.4 Å². The number of halogens is 1.